The first kappa shape index (κ1) is 15.4. The Bertz CT molecular complexity index is 569. The van der Waals surface area contributed by atoms with Gasteiger partial charge in [-0.2, -0.15) is 0 Å². The highest BCUT2D eigenvalue weighted by Crippen LogP contribution is 2.39. The molecule has 0 aromatic heterocycles. The zero-order chi connectivity index (χ0) is 15.5. The molecular formula is C14H18ClN3O3. The summed E-state index contributed by atoms with van der Waals surface area (Å²) in [6.07, 6.45) is 2.88. The monoisotopic (exact) mass is 311 g/mol. The van der Waals surface area contributed by atoms with Crippen molar-refractivity contribution in [1.29, 1.82) is 0 Å². The van der Waals surface area contributed by atoms with E-state index in [4.69, 9.17) is 27.3 Å². The van der Waals surface area contributed by atoms with E-state index in [0.29, 0.717) is 29.3 Å². The fourth-order valence-corrected chi connectivity index (χ4v) is 2.86. The highest BCUT2D eigenvalue weighted by molar-refractivity contribution is 6.32. The number of methoxy groups -OCH3 is 1. The molecule has 1 aromatic carbocycles. The molecule has 1 aliphatic carbocycles. The van der Waals surface area contributed by atoms with E-state index in [2.05, 4.69) is 10.5 Å². The first-order valence-electron chi connectivity index (χ1n) is 6.66. The number of halogens is 1. The molecule has 0 heterocycles. The molecule has 1 saturated carbocycles. The summed E-state index contributed by atoms with van der Waals surface area (Å²) in [7, 11) is 1.50. The topological polar surface area (TPSA) is 96.9 Å². The van der Waals surface area contributed by atoms with Gasteiger partial charge in [0.25, 0.3) is 0 Å². The summed E-state index contributed by atoms with van der Waals surface area (Å²) in [4.78, 5) is 12.6. The third kappa shape index (κ3) is 2.90. The van der Waals surface area contributed by atoms with Crippen molar-refractivity contribution in [2.24, 2.45) is 16.3 Å². The Labute approximate surface area is 127 Å². The second-order valence-electron chi connectivity index (χ2n) is 5.08. The number of ether oxygens (including phenoxy) is 1. The summed E-state index contributed by atoms with van der Waals surface area (Å²) in [6, 6.07) is 4.95. The molecule has 6 nitrogen and oxygen atoms in total. The predicted octanol–water partition coefficient (Wildman–Crippen LogP) is 2.59. The van der Waals surface area contributed by atoms with Gasteiger partial charge in [-0.15, -0.1) is 0 Å². The summed E-state index contributed by atoms with van der Waals surface area (Å²) in [5.74, 6) is 0.150. The number of oxime groups is 1. The number of nitrogens with zero attached hydrogens (tertiary/aromatic N) is 1. The molecule has 4 N–H and O–H groups in total. The van der Waals surface area contributed by atoms with Gasteiger partial charge in [0.15, 0.2) is 5.84 Å². The Morgan fingerprint density at radius 2 is 2.14 bits per heavy atom. The summed E-state index contributed by atoms with van der Waals surface area (Å²) < 4.78 is 5.11. The van der Waals surface area contributed by atoms with Gasteiger partial charge in [0.1, 0.15) is 11.2 Å². The van der Waals surface area contributed by atoms with Crippen LogP contribution in [-0.4, -0.2) is 24.1 Å². The van der Waals surface area contributed by atoms with Crippen LogP contribution in [0.25, 0.3) is 0 Å². The quantitative estimate of drug-likeness (QED) is 0.344. The van der Waals surface area contributed by atoms with Crippen LogP contribution in [0.2, 0.25) is 5.02 Å². The summed E-state index contributed by atoms with van der Waals surface area (Å²) in [5.41, 5.74) is 5.35. The number of hydrogen-bond acceptors (Lipinski definition) is 4. The molecule has 0 aliphatic heterocycles. The maximum atomic E-state index is 12.6. The molecule has 1 fully saturated rings. The van der Waals surface area contributed by atoms with Crippen LogP contribution in [0.1, 0.15) is 25.7 Å². The van der Waals surface area contributed by atoms with Crippen LogP contribution in [-0.2, 0) is 4.79 Å². The first-order valence-corrected chi connectivity index (χ1v) is 7.04. The minimum Gasteiger partial charge on any atom is -0.495 e. The van der Waals surface area contributed by atoms with Crippen molar-refractivity contribution in [3.8, 4) is 5.75 Å². The third-order valence-electron chi connectivity index (χ3n) is 3.90. The average Bonchev–Trinajstić information content (AvgIpc) is 2.99. The van der Waals surface area contributed by atoms with Crippen molar-refractivity contribution in [3.63, 3.8) is 0 Å². The van der Waals surface area contributed by atoms with Crippen LogP contribution in [0.15, 0.2) is 23.4 Å². The van der Waals surface area contributed by atoms with Gasteiger partial charge in [0.2, 0.25) is 5.91 Å². The number of hydrogen-bond donors (Lipinski definition) is 3. The lowest BCUT2D eigenvalue weighted by atomic mass is 9.83. The number of amides is 1. The molecule has 21 heavy (non-hydrogen) atoms. The van der Waals surface area contributed by atoms with Crippen molar-refractivity contribution in [2.45, 2.75) is 25.7 Å². The molecule has 2 rings (SSSR count). The van der Waals surface area contributed by atoms with E-state index in [-0.39, 0.29) is 11.7 Å². The Hall–Kier alpha value is -1.95. The lowest BCUT2D eigenvalue weighted by molar-refractivity contribution is -0.122. The zero-order valence-corrected chi connectivity index (χ0v) is 12.5. The van der Waals surface area contributed by atoms with E-state index in [1.165, 1.54) is 7.11 Å². The van der Waals surface area contributed by atoms with E-state index in [1.807, 2.05) is 0 Å². The number of nitrogens with two attached hydrogens (primary N) is 1. The normalized spacial score (nSPS) is 17.5. The predicted molar refractivity (Wildman–Crippen MR) is 80.9 cm³/mol. The van der Waals surface area contributed by atoms with Gasteiger partial charge in [-0.05, 0) is 25.0 Å². The Kier molecular flexibility index (Phi) is 4.57. The number of amidine groups is 1. The molecule has 0 unspecified atom stereocenters. The third-order valence-corrected chi connectivity index (χ3v) is 4.21. The van der Waals surface area contributed by atoms with Crippen LogP contribution >= 0.6 is 11.6 Å². The maximum Gasteiger partial charge on any atom is 0.238 e. The fraction of sp³-hybridized carbons (Fsp3) is 0.429. The van der Waals surface area contributed by atoms with Crippen molar-refractivity contribution in [1.82, 2.24) is 0 Å². The Balaban J connectivity index is 2.24. The van der Waals surface area contributed by atoms with E-state index in [9.17, 15) is 4.79 Å². The number of anilines is 1. The molecule has 7 heteroatoms. The largest absolute Gasteiger partial charge is 0.495 e. The fourth-order valence-electron chi connectivity index (χ4n) is 2.66. The van der Waals surface area contributed by atoms with E-state index in [1.54, 1.807) is 18.2 Å². The maximum absolute atomic E-state index is 12.6. The van der Waals surface area contributed by atoms with Gasteiger partial charge in [0.05, 0.1) is 12.1 Å². The SMILES string of the molecule is COc1cc(NC(=O)C2(/C(N)=N/O)CCCC2)ccc1Cl. The standard InChI is InChI=1S/C14H18ClN3O3/c1-21-11-8-9(4-5-10(11)15)17-13(19)14(12(16)18-20)6-2-3-7-14/h4-5,8,20H,2-3,6-7H2,1H3,(H2,16,18)(H,17,19). The Morgan fingerprint density at radius 3 is 2.71 bits per heavy atom. The molecule has 0 bridgehead atoms. The highest BCUT2D eigenvalue weighted by Gasteiger charge is 2.45. The number of carbonyl (C=O) groups excluding carboxylic acids is 1. The van der Waals surface area contributed by atoms with Crippen LogP contribution in [0.4, 0.5) is 5.69 Å². The molecule has 114 valence electrons. The van der Waals surface area contributed by atoms with Crippen molar-refractivity contribution in [3.05, 3.63) is 23.2 Å². The van der Waals surface area contributed by atoms with E-state index >= 15 is 0 Å². The molecule has 1 aromatic rings. The van der Waals surface area contributed by atoms with Crippen molar-refractivity contribution < 1.29 is 14.7 Å². The van der Waals surface area contributed by atoms with Crippen LogP contribution in [0.5, 0.6) is 5.75 Å². The van der Waals surface area contributed by atoms with Crippen molar-refractivity contribution >= 4 is 29.0 Å². The molecule has 0 atom stereocenters. The molecular weight excluding hydrogens is 294 g/mol. The van der Waals surface area contributed by atoms with Crippen LogP contribution in [0.3, 0.4) is 0 Å². The molecule has 0 spiro atoms. The van der Waals surface area contributed by atoms with E-state index in [0.717, 1.165) is 12.8 Å². The van der Waals surface area contributed by atoms with Crippen molar-refractivity contribution in [2.75, 3.05) is 12.4 Å². The summed E-state index contributed by atoms with van der Waals surface area (Å²) in [6.45, 7) is 0. The van der Waals surface area contributed by atoms with Crippen LogP contribution < -0.4 is 15.8 Å². The smallest absolute Gasteiger partial charge is 0.238 e. The highest BCUT2D eigenvalue weighted by atomic mass is 35.5. The lowest BCUT2D eigenvalue weighted by Gasteiger charge is -2.26. The first-order chi connectivity index (χ1) is 10.0. The Morgan fingerprint density at radius 1 is 1.48 bits per heavy atom. The molecule has 1 amide bonds. The molecule has 0 radical (unpaired) electrons. The lowest BCUT2D eigenvalue weighted by Crippen LogP contribution is -2.45. The van der Waals surface area contributed by atoms with E-state index < -0.39 is 5.41 Å². The number of benzene rings is 1. The molecule has 0 saturated heterocycles. The van der Waals surface area contributed by atoms with Gasteiger partial charge < -0.3 is 21.0 Å². The summed E-state index contributed by atoms with van der Waals surface area (Å²) in [5, 5.41) is 15.2. The molecule has 1 aliphatic rings. The second-order valence-corrected chi connectivity index (χ2v) is 5.49. The average molecular weight is 312 g/mol. The van der Waals surface area contributed by atoms with Gasteiger partial charge in [-0.3, -0.25) is 4.79 Å². The van der Waals surface area contributed by atoms with Gasteiger partial charge in [-0.1, -0.05) is 29.6 Å². The van der Waals surface area contributed by atoms with Gasteiger partial charge in [-0.25, -0.2) is 0 Å². The minimum absolute atomic E-state index is 0.0431. The number of nitrogens with one attached hydrogen (secondary N) is 1. The van der Waals surface area contributed by atoms with Gasteiger partial charge >= 0.3 is 0 Å². The summed E-state index contributed by atoms with van der Waals surface area (Å²) >= 11 is 5.95. The minimum atomic E-state index is -0.943. The number of carbonyl (C=O) groups is 1. The number of rotatable bonds is 4. The zero-order valence-electron chi connectivity index (χ0n) is 11.7. The van der Waals surface area contributed by atoms with Gasteiger partial charge in [0, 0.05) is 11.8 Å². The van der Waals surface area contributed by atoms with Crippen LogP contribution in [0, 0.1) is 5.41 Å². The second kappa shape index (κ2) is 6.22.